The summed E-state index contributed by atoms with van der Waals surface area (Å²) in [6.07, 6.45) is 2.92. The highest BCUT2D eigenvalue weighted by Crippen LogP contribution is 2.21. The van der Waals surface area contributed by atoms with Crippen molar-refractivity contribution in [2.75, 3.05) is 0 Å². The molecule has 5 heteroatoms. The maximum Gasteiger partial charge on any atom is 0.145 e. The van der Waals surface area contributed by atoms with Crippen molar-refractivity contribution in [3.05, 3.63) is 63.6 Å². The zero-order valence-electron chi connectivity index (χ0n) is 9.98. The molecule has 0 spiro atoms. The molecule has 0 radical (unpaired) electrons. The Morgan fingerprint density at radius 3 is 2.58 bits per heavy atom. The molecule has 0 aliphatic heterocycles. The van der Waals surface area contributed by atoms with Crippen LogP contribution in [0.15, 0.2) is 36.7 Å². The van der Waals surface area contributed by atoms with Gasteiger partial charge >= 0.3 is 0 Å². The molecule has 0 saturated carbocycles. The summed E-state index contributed by atoms with van der Waals surface area (Å²) < 4.78 is 13.7. The first-order chi connectivity index (χ1) is 9.08. The van der Waals surface area contributed by atoms with Crippen LogP contribution in [0.5, 0.6) is 0 Å². The Morgan fingerprint density at radius 2 is 1.84 bits per heavy atom. The Kier molecular flexibility index (Phi) is 4.75. The molecule has 0 bridgehead atoms. The van der Waals surface area contributed by atoms with Crippen molar-refractivity contribution in [3.8, 4) is 0 Å². The van der Waals surface area contributed by atoms with Gasteiger partial charge < -0.3 is 5.11 Å². The molecule has 0 aliphatic rings. The van der Waals surface area contributed by atoms with Crippen molar-refractivity contribution in [3.63, 3.8) is 0 Å². The van der Waals surface area contributed by atoms with Crippen LogP contribution in [-0.4, -0.2) is 16.2 Å². The van der Waals surface area contributed by atoms with E-state index in [1.54, 1.807) is 24.4 Å². The number of hydrogen-bond acceptors (Lipinski definition) is 2. The molecule has 0 saturated heterocycles. The average Bonchev–Trinajstić information content (AvgIpc) is 2.38. The lowest BCUT2D eigenvalue weighted by molar-refractivity contribution is 0.174. The van der Waals surface area contributed by atoms with Gasteiger partial charge in [-0.15, -0.1) is 0 Å². The highest BCUT2D eigenvalue weighted by Gasteiger charge is 2.13. The quantitative estimate of drug-likeness (QED) is 0.934. The minimum absolute atomic E-state index is 0.0617. The Balaban J connectivity index is 2.08. The normalized spacial score (nSPS) is 12.4. The lowest BCUT2D eigenvalue weighted by Crippen LogP contribution is -2.15. The number of pyridine rings is 1. The highest BCUT2D eigenvalue weighted by atomic mass is 35.5. The van der Waals surface area contributed by atoms with Gasteiger partial charge in [0.25, 0.3) is 0 Å². The van der Waals surface area contributed by atoms with E-state index in [9.17, 15) is 9.50 Å². The largest absolute Gasteiger partial charge is 0.392 e. The third kappa shape index (κ3) is 3.66. The number of benzene rings is 1. The first-order valence-corrected chi connectivity index (χ1v) is 6.53. The van der Waals surface area contributed by atoms with Crippen LogP contribution in [-0.2, 0) is 12.8 Å². The summed E-state index contributed by atoms with van der Waals surface area (Å²) >= 11 is 11.7. The van der Waals surface area contributed by atoms with E-state index in [-0.39, 0.29) is 11.4 Å². The standard InChI is InChI=1S/C14H12Cl2FNO/c15-12-3-1-2-10(14(12)17)7-11(19)6-9-4-5-18-8-13(9)16/h1-5,8,11,19H,6-7H2. The van der Waals surface area contributed by atoms with Crippen LogP contribution in [0.3, 0.4) is 0 Å². The van der Waals surface area contributed by atoms with E-state index in [4.69, 9.17) is 23.2 Å². The Bertz CT molecular complexity index is 577. The fourth-order valence-corrected chi connectivity index (χ4v) is 2.25. The van der Waals surface area contributed by atoms with Gasteiger partial charge in [0.15, 0.2) is 0 Å². The van der Waals surface area contributed by atoms with E-state index >= 15 is 0 Å². The maximum atomic E-state index is 13.7. The number of aromatic nitrogens is 1. The van der Waals surface area contributed by atoms with Crippen LogP contribution in [0.1, 0.15) is 11.1 Å². The average molecular weight is 300 g/mol. The van der Waals surface area contributed by atoms with Crippen LogP contribution in [0.2, 0.25) is 10.0 Å². The van der Waals surface area contributed by atoms with Crippen molar-refractivity contribution in [1.29, 1.82) is 0 Å². The summed E-state index contributed by atoms with van der Waals surface area (Å²) in [5.41, 5.74) is 1.18. The maximum absolute atomic E-state index is 13.7. The Hall–Kier alpha value is -1.16. The number of nitrogens with zero attached hydrogens (tertiary/aromatic N) is 1. The van der Waals surface area contributed by atoms with Gasteiger partial charge in [-0.1, -0.05) is 35.3 Å². The van der Waals surface area contributed by atoms with Gasteiger partial charge in [0.05, 0.1) is 16.1 Å². The van der Waals surface area contributed by atoms with Crippen LogP contribution in [0, 0.1) is 5.82 Å². The monoisotopic (exact) mass is 299 g/mol. The van der Waals surface area contributed by atoms with Gasteiger partial charge in [0.2, 0.25) is 0 Å². The molecule has 2 rings (SSSR count). The molecule has 1 unspecified atom stereocenters. The van der Waals surface area contributed by atoms with E-state index in [1.165, 1.54) is 12.3 Å². The molecule has 2 aromatic rings. The van der Waals surface area contributed by atoms with E-state index in [0.29, 0.717) is 17.0 Å². The zero-order valence-corrected chi connectivity index (χ0v) is 11.5. The number of rotatable bonds is 4. The molecule has 1 atom stereocenters. The number of halogens is 3. The summed E-state index contributed by atoms with van der Waals surface area (Å²) in [4.78, 5) is 3.87. The summed E-state index contributed by atoms with van der Waals surface area (Å²) in [6.45, 7) is 0. The second-order valence-electron chi connectivity index (χ2n) is 4.24. The molecule has 0 amide bonds. The second kappa shape index (κ2) is 6.33. The van der Waals surface area contributed by atoms with Gasteiger partial charge in [-0.05, 0) is 23.3 Å². The van der Waals surface area contributed by atoms with Crippen LogP contribution >= 0.6 is 23.2 Å². The molecular formula is C14H12Cl2FNO. The molecular weight excluding hydrogens is 288 g/mol. The molecule has 1 aromatic heterocycles. The van der Waals surface area contributed by atoms with Crippen LogP contribution < -0.4 is 0 Å². The summed E-state index contributed by atoms with van der Waals surface area (Å²) in [5.74, 6) is -0.482. The van der Waals surface area contributed by atoms with Gasteiger partial charge in [0.1, 0.15) is 5.82 Å². The zero-order chi connectivity index (χ0) is 13.8. The first kappa shape index (κ1) is 14.3. The first-order valence-electron chi connectivity index (χ1n) is 5.77. The van der Waals surface area contributed by atoms with Crippen molar-refractivity contribution in [2.24, 2.45) is 0 Å². The fourth-order valence-electron chi connectivity index (χ4n) is 1.86. The minimum Gasteiger partial charge on any atom is -0.392 e. The molecule has 19 heavy (non-hydrogen) atoms. The topological polar surface area (TPSA) is 33.1 Å². The van der Waals surface area contributed by atoms with Crippen molar-refractivity contribution >= 4 is 23.2 Å². The van der Waals surface area contributed by atoms with Gasteiger partial charge in [0, 0.05) is 25.2 Å². The number of aliphatic hydroxyl groups is 1. The van der Waals surface area contributed by atoms with Crippen LogP contribution in [0.25, 0.3) is 0 Å². The highest BCUT2D eigenvalue weighted by molar-refractivity contribution is 6.31. The molecule has 0 aliphatic carbocycles. The van der Waals surface area contributed by atoms with E-state index in [2.05, 4.69) is 4.98 Å². The second-order valence-corrected chi connectivity index (χ2v) is 5.06. The van der Waals surface area contributed by atoms with Crippen molar-refractivity contribution < 1.29 is 9.50 Å². The number of aliphatic hydroxyl groups excluding tert-OH is 1. The smallest absolute Gasteiger partial charge is 0.145 e. The summed E-state index contributed by atoms with van der Waals surface area (Å²) in [7, 11) is 0. The van der Waals surface area contributed by atoms with Gasteiger partial charge in [-0.2, -0.15) is 0 Å². The molecule has 2 nitrogen and oxygen atoms in total. The lowest BCUT2D eigenvalue weighted by Gasteiger charge is -2.12. The predicted molar refractivity (Wildman–Crippen MR) is 74.1 cm³/mol. The Labute approximate surface area is 120 Å². The molecule has 1 heterocycles. The summed E-state index contributed by atoms with van der Waals surface area (Å²) in [5, 5.41) is 10.6. The third-order valence-corrected chi connectivity index (χ3v) is 3.43. The fraction of sp³-hybridized carbons (Fsp3) is 0.214. The molecule has 100 valence electrons. The molecule has 1 N–H and O–H groups in total. The molecule has 1 aromatic carbocycles. The SMILES string of the molecule is OC(Cc1ccncc1Cl)Cc1cccc(Cl)c1F. The van der Waals surface area contributed by atoms with Crippen LogP contribution in [0.4, 0.5) is 4.39 Å². The lowest BCUT2D eigenvalue weighted by atomic mass is 10.0. The summed E-state index contributed by atoms with van der Waals surface area (Å²) in [6, 6.07) is 6.48. The van der Waals surface area contributed by atoms with Crippen molar-refractivity contribution in [2.45, 2.75) is 18.9 Å². The van der Waals surface area contributed by atoms with Gasteiger partial charge in [-0.3, -0.25) is 4.98 Å². The van der Waals surface area contributed by atoms with E-state index in [1.807, 2.05) is 0 Å². The Morgan fingerprint density at radius 1 is 1.11 bits per heavy atom. The molecule has 0 fully saturated rings. The van der Waals surface area contributed by atoms with E-state index < -0.39 is 11.9 Å². The minimum atomic E-state index is -0.729. The van der Waals surface area contributed by atoms with Crippen molar-refractivity contribution in [1.82, 2.24) is 4.98 Å². The van der Waals surface area contributed by atoms with Gasteiger partial charge in [-0.25, -0.2) is 4.39 Å². The number of hydrogen-bond donors (Lipinski definition) is 1. The predicted octanol–water partition coefficient (Wildman–Crippen LogP) is 3.67. The van der Waals surface area contributed by atoms with E-state index in [0.717, 1.165) is 5.56 Å². The third-order valence-electron chi connectivity index (χ3n) is 2.80.